The van der Waals surface area contributed by atoms with Gasteiger partial charge in [0.2, 0.25) is 0 Å². The topological polar surface area (TPSA) is 41.6 Å². The Balaban J connectivity index is 1.63. The van der Waals surface area contributed by atoms with Crippen molar-refractivity contribution in [3.05, 3.63) is 35.4 Å². The lowest BCUT2D eigenvalue weighted by Crippen LogP contribution is -2.37. The molecule has 0 aromatic heterocycles. The predicted molar refractivity (Wildman–Crippen MR) is 72.5 cm³/mol. The van der Waals surface area contributed by atoms with Crippen molar-refractivity contribution >= 4 is 5.96 Å². The molecular weight excluding hydrogens is 222 g/mol. The summed E-state index contributed by atoms with van der Waals surface area (Å²) in [6.45, 7) is 0.830. The summed E-state index contributed by atoms with van der Waals surface area (Å²) in [4.78, 5) is 6.79. The molecule has 3 nitrogen and oxygen atoms in total. The second-order valence-electron chi connectivity index (χ2n) is 5.80. The van der Waals surface area contributed by atoms with Gasteiger partial charge in [-0.1, -0.05) is 24.3 Å². The molecular formula is C15H19N3. The van der Waals surface area contributed by atoms with Gasteiger partial charge in [0.05, 0.1) is 12.6 Å². The molecule has 4 rings (SSSR count). The molecule has 2 N–H and O–H groups in total. The molecule has 1 aliphatic heterocycles. The Kier molecular flexibility index (Phi) is 2.16. The van der Waals surface area contributed by atoms with Crippen LogP contribution >= 0.6 is 0 Å². The highest BCUT2D eigenvalue weighted by atomic mass is 15.4. The zero-order valence-corrected chi connectivity index (χ0v) is 10.5. The van der Waals surface area contributed by atoms with Gasteiger partial charge in [0.15, 0.2) is 5.96 Å². The second-order valence-corrected chi connectivity index (χ2v) is 5.80. The minimum absolute atomic E-state index is 0.385. The number of aliphatic imine (C=N–C) groups is 1. The average Bonchev–Trinajstić information content (AvgIpc) is 3.28. The number of nitrogens with zero attached hydrogens (tertiary/aromatic N) is 2. The maximum Gasteiger partial charge on any atom is 0.192 e. The number of nitrogens with two attached hydrogens (primary N) is 1. The Labute approximate surface area is 108 Å². The molecule has 1 aromatic rings. The maximum absolute atomic E-state index is 6.03. The molecule has 0 bridgehead atoms. The monoisotopic (exact) mass is 241 g/mol. The van der Waals surface area contributed by atoms with E-state index in [0.29, 0.717) is 12.1 Å². The van der Waals surface area contributed by atoms with E-state index in [1.54, 1.807) is 0 Å². The van der Waals surface area contributed by atoms with E-state index in [0.717, 1.165) is 18.4 Å². The van der Waals surface area contributed by atoms with Crippen LogP contribution in [0.25, 0.3) is 0 Å². The molecule has 2 saturated carbocycles. The molecule has 2 fully saturated rings. The molecule has 2 aliphatic carbocycles. The van der Waals surface area contributed by atoms with Crippen LogP contribution in [0.1, 0.15) is 48.8 Å². The van der Waals surface area contributed by atoms with Gasteiger partial charge in [-0.05, 0) is 42.7 Å². The van der Waals surface area contributed by atoms with E-state index in [2.05, 4.69) is 34.2 Å². The normalized spacial score (nSPS) is 27.4. The molecule has 94 valence electrons. The molecule has 3 aliphatic rings. The van der Waals surface area contributed by atoms with Gasteiger partial charge in [-0.25, -0.2) is 0 Å². The molecule has 1 atom stereocenters. The van der Waals surface area contributed by atoms with Gasteiger partial charge < -0.3 is 10.6 Å². The van der Waals surface area contributed by atoms with Crippen LogP contribution in [0, 0.1) is 0 Å². The summed E-state index contributed by atoms with van der Waals surface area (Å²) >= 11 is 0. The molecule has 0 saturated heterocycles. The number of benzene rings is 1. The van der Waals surface area contributed by atoms with E-state index in [9.17, 15) is 0 Å². The fraction of sp³-hybridized carbons (Fsp3) is 0.533. The Morgan fingerprint density at radius 3 is 2.61 bits per heavy atom. The third-order valence-corrected chi connectivity index (χ3v) is 4.31. The molecule has 1 heterocycles. The molecule has 1 unspecified atom stereocenters. The zero-order chi connectivity index (χ0) is 12.1. The van der Waals surface area contributed by atoms with Crippen molar-refractivity contribution in [3.8, 4) is 0 Å². The zero-order valence-electron chi connectivity index (χ0n) is 10.5. The Morgan fingerprint density at radius 2 is 1.89 bits per heavy atom. The van der Waals surface area contributed by atoms with E-state index in [-0.39, 0.29) is 0 Å². The number of hydrogen-bond acceptors (Lipinski definition) is 3. The van der Waals surface area contributed by atoms with Crippen molar-refractivity contribution in [1.82, 2.24) is 4.90 Å². The SMILES string of the molecule is NC1=NCC(c2cccc(C3CC3)c2)N1C1CC1. The number of rotatable bonds is 3. The van der Waals surface area contributed by atoms with Crippen molar-refractivity contribution < 1.29 is 0 Å². The van der Waals surface area contributed by atoms with Crippen LogP contribution in [0.5, 0.6) is 0 Å². The molecule has 18 heavy (non-hydrogen) atoms. The summed E-state index contributed by atoms with van der Waals surface area (Å²) < 4.78 is 0. The standard InChI is InChI=1S/C15H19N3/c16-15-17-9-14(18(15)13-6-7-13)12-3-1-2-11(8-12)10-4-5-10/h1-3,8,10,13-14H,4-7,9H2,(H2,16,17). The summed E-state index contributed by atoms with van der Waals surface area (Å²) in [7, 11) is 0. The van der Waals surface area contributed by atoms with E-state index < -0.39 is 0 Å². The maximum atomic E-state index is 6.03. The average molecular weight is 241 g/mol. The minimum atomic E-state index is 0.385. The number of guanidine groups is 1. The van der Waals surface area contributed by atoms with Gasteiger partial charge in [0.25, 0.3) is 0 Å². The van der Waals surface area contributed by atoms with Crippen molar-refractivity contribution in [2.75, 3.05) is 6.54 Å². The highest BCUT2D eigenvalue weighted by Gasteiger charge is 2.39. The lowest BCUT2D eigenvalue weighted by Gasteiger charge is -2.26. The highest BCUT2D eigenvalue weighted by molar-refractivity contribution is 5.81. The summed E-state index contributed by atoms with van der Waals surface area (Å²) in [5.74, 6) is 1.57. The first-order valence-corrected chi connectivity index (χ1v) is 7.01. The molecule has 0 amide bonds. The largest absolute Gasteiger partial charge is 0.370 e. The number of hydrogen-bond donors (Lipinski definition) is 1. The fourth-order valence-corrected chi connectivity index (χ4v) is 3.01. The third-order valence-electron chi connectivity index (χ3n) is 4.31. The molecule has 1 aromatic carbocycles. The smallest absolute Gasteiger partial charge is 0.192 e. The van der Waals surface area contributed by atoms with Crippen LogP contribution in [0.4, 0.5) is 0 Å². The molecule has 3 heteroatoms. The van der Waals surface area contributed by atoms with Gasteiger partial charge in [-0.3, -0.25) is 4.99 Å². The molecule has 0 radical (unpaired) electrons. The highest BCUT2D eigenvalue weighted by Crippen LogP contribution is 2.42. The Morgan fingerprint density at radius 1 is 1.11 bits per heavy atom. The third kappa shape index (κ3) is 1.69. The van der Waals surface area contributed by atoms with Crippen LogP contribution in [0.3, 0.4) is 0 Å². The first kappa shape index (κ1) is 10.4. The first-order valence-electron chi connectivity index (χ1n) is 7.01. The van der Waals surface area contributed by atoms with Crippen LogP contribution in [-0.4, -0.2) is 23.4 Å². The van der Waals surface area contributed by atoms with Crippen LogP contribution < -0.4 is 5.73 Å². The van der Waals surface area contributed by atoms with Gasteiger partial charge in [0, 0.05) is 6.04 Å². The Bertz CT molecular complexity index is 500. The minimum Gasteiger partial charge on any atom is -0.370 e. The van der Waals surface area contributed by atoms with Crippen molar-refractivity contribution in [2.24, 2.45) is 10.7 Å². The summed E-state index contributed by atoms with van der Waals surface area (Å²) in [5, 5.41) is 0. The van der Waals surface area contributed by atoms with Crippen molar-refractivity contribution in [3.63, 3.8) is 0 Å². The second kappa shape index (κ2) is 3.74. The van der Waals surface area contributed by atoms with Crippen molar-refractivity contribution in [2.45, 2.75) is 43.7 Å². The van der Waals surface area contributed by atoms with E-state index in [4.69, 9.17) is 5.73 Å². The quantitative estimate of drug-likeness (QED) is 0.883. The van der Waals surface area contributed by atoms with Crippen molar-refractivity contribution in [1.29, 1.82) is 0 Å². The summed E-state index contributed by atoms with van der Waals surface area (Å²) in [6, 6.07) is 10.1. The summed E-state index contributed by atoms with van der Waals surface area (Å²) in [5.41, 5.74) is 8.94. The van der Waals surface area contributed by atoms with Gasteiger partial charge in [-0.2, -0.15) is 0 Å². The van der Waals surface area contributed by atoms with Gasteiger partial charge in [0.1, 0.15) is 0 Å². The lowest BCUT2D eigenvalue weighted by molar-refractivity contribution is 0.338. The Hall–Kier alpha value is -1.51. The van der Waals surface area contributed by atoms with Gasteiger partial charge in [-0.15, -0.1) is 0 Å². The van der Waals surface area contributed by atoms with E-state index in [1.807, 2.05) is 0 Å². The van der Waals surface area contributed by atoms with Crippen LogP contribution in [0.15, 0.2) is 29.3 Å². The predicted octanol–water partition coefficient (Wildman–Crippen LogP) is 2.40. The van der Waals surface area contributed by atoms with Crippen LogP contribution in [0.2, 0.25) is 0 Å². The molecule has 0 spiro atoms. The van der Waals surface area contributed by atoms with E-state index in [1.165, 1.54) is 36.8 Å². The van der Waals surface area contributed by atoms with Crippen LogP contribution in [-0.2, 0) is 0 Å². The fourth-order valence-electron chi connectivity index (χ4n) is 3.01. The lowest BCUT2D eigenvalue weighted by atomic mass is 10.0. The first-order chi connectivity index (χ1) is 8.83. The summed E-state index contributed by atoms with van der Waals surface area (Å²) in [6.07, 6.45) is 5.27. The van der Waals surface area contributed by atoms with E-state index >= 15 is 0 Å². The van der Waals surface area contributed by atoms with Gasteiger partial charge >= 0.3 is 0 Å².